The second kappa shape index (κ2) is 10.9. The molecule has 0 aliphatic rings. The number of hydrogen-bond acceptors (Lipinski definition) is 7. The summed E-state index contributed by atoms with van der Waals surface area (Å²) >= 11 is 18.0. The second-order valence-electron chi connectivity index (χ2n) is 6.56. The van der Waals surface area contributed by atoms with Gasteiger partial charge in [0.25, 0.3) is 5.91 Å². The van der Waals surface area contributed by atoms with Gasteiger partial charge in [0, 0.05) is 17.2 Å². The Labute approximate surface area is 208 Å². The van der Waals surface area contributed by atoms with Crippen LogP contribution in [0.1, 0.15) is 31.3 Å². The monoisotopic (exact) mass is 522 g/mol. The van der Waals surface area contributed by atoms with Crippen LogP contribution in [0.5, 0.6) is 0 Å². The highest BCUT2D eigenvalue weighted by Crippen LogP contribution is 2.25. The molecule has 12 heteroatoms. The minimum atomic E-state index is -1.08. The molecule has 3 rings (SSSR count). The quantitative estimate of drug-likeness (QED) is 0.166. The molecule has 1 atom stereocenters. The lowest BCUT2D eigenvalue weighted by Crippen LogP contribution is -2.99. The largest absolute Gasteiger partial charge is 0.595 e. The number of ketones is 1. The zero-order valence-electron chi connectivity index (χ0n) is 16.9. The molecule has 0 fully saturated rings. The van der Waals surface area contributed by atoms with Crippen molar-refractivity contribution in [2.45, 2.75) is 6.92 Å². The number of hydrogen-bond donors (Lipinski definition) is 4. The van der Waals surface area contributed by atoms with Crippen molar-refractivity contribution in [2.24, 2.45) is 0 Å². The van der Waals surface area contributed by atoms with Crippen molar-refractivity contribution in [3.05, 3.63) is 85.5 Å². The summed E-state index contributed by atoms with van der Waals surface area (Å²) < 4.78 is 0. The Morgan fingerprint density at radius 2 is 1.94 bits per heavy atom. The molecule has 0 spiro atoms. The molecule has 170 valence electrons. The summed E-state index contributed by atoms with van der Waals surface area (Å²) in [6, 6.07) is 10.8. The maximum absolute atomic E-state index is 12.6. The minimum Gasteiger partial charge on any atom is -0.595 e. The molecular formula is C21H16Cl2N4O4S2. The number of amides is 1. The van der Waals surface area contributed by atoms with E-state index in [0.717, 1.165) is 11.3 Å². The lowest BCUT2D eigenvalue weighted by Gasteiger charge is -2.13. The van der Waals surface area contributed by atoms with Crippen LogP contribution in [0.15, 0.2) is 48.5 Å². The third-order valence-corrected chi connectivity index (χ3v) is 6.29. The predicted octanol–water partition coefficient (Wildman–Crippen LogP) is 4.18. The fraction of sp³-hybridized carbons (Fsp3) is 0.0476. The van der Waals surface area contributed by atoms with E-state index in [4.69, 9.17) is 35.4 Å². The third kappa shape index (κ3) is 6.42. The van der Waals surface area contributed by atoms with Gasteiger partial charge in [-0.15, -0.1) is 0 Å². The summed E-state index contributed by atoms with van der Waals surface area (Å²) in [7, 11) is 0. The van der Waals surface area contributed by atoms with Gasteiger partial charge >= 0.3 is 0 Å². The number of nitrogens with one attached hydrogen (secondary N) is 3. The SMILES string of the molecule is Cc1nc(NC(=S)NC(=O)c2ccc(Cl)c(Cl)c2)sc1C(=O)/C=C/c1ccccc1[NH+]([O-])O. The topological polar surface area (TPSA) is 119 Å². The Morgan fingerprint density at radius 3 is 2.64 bits per heavy atom. The zero-order chi connectivity index (χ0) is 24.1. The van der Waals surface area contributed by atoms with E-state index in [2.05, 4.69) is 15.6 Å². The Balaban J connectivity index is 1.67. The highest BCUT2D eigenvalue weighted by molar-refractivity contribution is 7.80. The molecule has 0 radical (unpaired) electrons. The highest BCUT2D eigenvalue weighted by Gasteiger charge is 2.16. The zero-order valence-corrected chi connectivity index (χ0v) is 20.0. The Bertz CT molecular complexity index is 1260. The van der Waals surface area contributed by atoms with E-state index < -0.39 is 11.1 Å². The average Bonchev–Trinajstić information content (AvgIpc) is 3.13. The van der Waals surface area contributed by atoms with Crippen LogP contribution in [-0.4, -0.2) is 27.0 Å². The second-order valence-corrected chi connectivity index (χ2v) is 8.78. The van der Waals surface area contributed by atoms with Gasteiger partial charge in [-0.2, -0.15) is 5.23 Å². The number of thiazole rings is 1. The number of aromatic nitrogens is 1. The van der Waals surface area contributed by atoms with Gasteiger partial charge in [-0.25, -0.2) is 10.2 Å². The van der Waals surface area contributed by atoms with Crippen LogP contribution in [0.2, 0.25) is 10.0 Å². The molecule has 0 bridgehead atoms. The van der Waals surface area contributed by atoms with Gasteiger partial charge in [-0.05, 0) is 55.6 Å². The Morgan fingerprint density at radius 1 is 1.21 bits per heavy atom. The number of aryl methyl sites for hydroxylation is 1. The van der Waals surface area contributed by atoms with E-state index in [1.807, 2.05) is 0 Å². The number of benzene rings is 2. The fourth-order valence-corrected chi connectivity index (χ4v) is 4.14. The van der Waals surface area contributed by atoms with Gasteiger partial charge in [0.15, 0.2) is 21.7 Å². The summed E-state index contributed by atoms with van der Waals surface area (Å²) in [5, 5.41) is 25.6. The van der Waals surface area contributed by atoms with E-state index in [1.165, 1.54) is 36.4 Å². The summed E-state index contributed by atoms with van der Waals surface area (Å²) in [5.41, 5.74) is 1.23. The van der Waals surface area contributed by atoms with Crippen LogP contribution in [0.4, 0.5) is 10.8 Å². The van der Waals surface area contributed by atoms with Crippen LogP contribution in [0.3, 0.4) is 0 Å². The normalized spacial score (nSPS) is 11.9. The molecule has 1 heterocycles. The average molecular weight is 523 g/mol. The van der Waals surface area contributed by atoms with E-state index in [-0.39, 0.29) is 27.2 Å². The third-order valence-electron chi connectivity index (χ3n) is 4.26. The van der Waals surface area contributed by atoms with E-state index in [1.54, 1.807) is 25.1 Å². The number of thiocarbonyl (C=S) groups is 1. The van der Waals surface area contributed by atoms with Gasteiger partial charge in [0.1, 0.15) is 0 Å². The lowest BCUT2D eigenvalue weighted by molar-refractivity contribution is -0.991. The number of halogens is 2. The lowest BCUT2D eigenvalue weighted by atomic mass is 10.1. The first-order valence-electron chi connectivity index (χ1n) is 9.25. The molecule has 1 unspecified atom stereocenters. The molecule has 8 nitrogen and oxygen atoms in total. The molecule has 1 aromatic heterocycles. The molecule has 0 aliphatic carbocycles. The van der Waals surface area contributed by atoms with E-state index in [9.17, 15) is 20.0 Å². The van der Waals surface area contributed by atoms with Gasteiger partial charge in [0.05, 0.1) is 20.6 Å². The van der Waals surface area contributed by atoms with Crippen molar-refractivity contribution in [3.63, 3.8) is 0 Å². The molecule has 0 saturated heterocycles. The van der Waals surface area contributed by atoms with Crippen molar-refractivity contribution in [2.75, 3.05) is 5.32 Å². The van der Waals surface area contributed by atoms with Crippen molar-refractivity contribution in [3.8, 4) is 0 Å². The Kier molecular flexibility index (Phi) is 8.27. The number of allylic oxidation sites excluding steroid dienone is 1. The highest BCUT2D eigenvalue weighted by atomic mass is 35.5. The minimum absolute atomic E-state index is 0.00949. The number of quaternary nitrogens is 1. The molecule has 4 N–H and O–H groups in total. The van der Waals surface area contributed by atoms with Crippen LogP contribution < -0.4 is 15.9 Å². The van der Waals surface area contributed by atoms with E-state index in [0.29, 0.717) is 26.3 Å². The van der Waals surface area contributed by atoms with E-state index >= 15 is 0 Å². The molecule has 0 saturated carbocycles. The summed E-state index contributed by atoms with van der Waals surface area (Å²) in [6.07, 6.45) is 2.73. The van der Waals surface area contributed by atoms with Gasteiger partial charge in [-0.3, -0.25) is 14.9 Å². The molecule has 0 aliphatic heterocycles. The molecule has 33 heavy (non-hydrogen) atoms. The van der Waals surface area contributed by atoms with Gasteiger partial charge in [-0.1, -0.05) is 46.7 Å². The first-order chi connectivity index (χ1) is 15.7. The first-order valence-corrected chi connectivity index (χ1v) is 11.2. The number of nitrogens with zero attached hydrogens (tertiary/aromatic N) is 1. The summed E-state index contributed by atoms with van der Waals surface area (Å²) in [5.74, 6) is -0.834. The predicted molar refractivity (Wildman–Crippen MR) is 133 cm³/mol. The number of carbonyl (C=O) groups excluding carboxylic acids is 2. The van der Waals surface area contributed by atoms with Crippen molar-refractivity contribution in [1.82, 2.24) is 10.3 Å². The standard InChI is InChI=1S/C21H16Cl2N4O4S2/c1-11-18(17(28)9-7-12-4-2-3-5-16(12)27(30)31)33-21(24-11)26-20(32)25-19(29)13-6-8-14(22)15(23)10-13/h2-10,27,30H,1H3,(H2,24,25,26,29,32)/b9-7+. The Hall–Kier alpha value is -2.70. The van der Waals surface area contributed by atoms with Crippen molar-refractivity contribution < 1.29 is 20.0 Å². The maximum Gasteiger partial charge on any atom is 0.257 e. The summed E-state index contributed by atoms with van der Waals surface area (Å²) in [4.78, 5) is 29.6. The smallest absolute Gasteiger partial charge is 0.257 e. The van der Waals surface area contributed by atoms with Gasteiger partial charge in [0.2, 0.25) is 0 Å². The van der Waals surface area contributed by atoms with Crippen LogP contribution >= 0.6 is 46.8 Å². The van der Waals surface area contributed by atoms with Crippen LogP contribution in [0, 0.1) is 12.1 Å². The number of para-hydroxylation sites is 1. The molecule has 2 aromatic carbocycles. The maximum atomic E-state index is 12.6. The number of rotatable bonds is 6. The summed E-state index contributed by atoms with van der Waals surface area (Å²) in [6.45, 7) is 1.66. The van der Waals surface area contributed by atoms with Crippen LogP contribution in [-0.2, 0) is 0 Å². The fourth-order valence-electron chi connectivity index (χ4n) is 2.70. The van der Waals surface area contributed by atoms with Crippen molar-refractivity contribution >= 4 is 80.5 Å². The van der Waals surface area contributed by atoms with Gasteiger partial charge < -0.3 is 10.5 Å². The van der Waals surface area contributed by atoms with Crippen molar-refractivity contribution in [1.29, 1.82) is 0 Å². The number of carbonyl (C=O) groups is 2. The van der Waals surface area contributed by atoms with Crippen LogP contribution in [0.25, 0.3) is 6.08 Å². The molecule has 3 aromatic rings. The number of anilines is 1. The molecular weight excluding hydrogens is 507 g/mol. The molecule has 1 amide bonds. The first kappa shape index (κ1) is 24.9.